The van der Waals surface area contributed by atoms with Crippen LogP contribution in [0.5, 0.6) is 0 Å². The van der Waals surface area contributed by atoms with Crippen LogP contribution < -0.4 is 0 Å². The summed E-state index contributed by atoms with van der Waals surface area (Å²) in [5, 5.41) is 0. The highest BCUT2D eigenvalue weighted by atomic mass is 28.4. The highest BCUT2D eigenvalue weighted by Gasteiger charge is 2.23. The molecule has 0 atom stereocenters. The largest absolute Gasteiger partial charge is 0.519 e. The van der Waals surface area contributed by atoms with Gasteiger partial charge in [-0.25, -0.2) is 0 Å². The number of carbonyl (C=O) groups excluding carboxylic acids is 1. The van der Waals surface area contributed by atoms with Crippen LogP contribution in [0.3, 0.4) is 0 Å². The third-order valence-corrected chi connectivity index (χ3v) is 4.28. The fraction of sp³-hybridized carbons (Fsp3) is 0.778. The van der Waals surface area contributed by atoms with Crippen molar-refractivity contribution in [1.82, 2.24) is 0 Å². The lowest BCUT2D eigenvalue weighted by Gasteiger charge is -2.20. The Morgan fingerprint density at radius 2 is 2.00 bits per heavy atom. The molecule has 1 radical (unpaired) electrons. The molecule has 0 saturated heterocycles. The van der Waals surface area contributed by atoms with Gasteiger partial charge in [0, 0.05) is 0 Å². The molecule has 0 aromatic heterocycles. The zero-order valence-electron chi connectivity index (χ0n) is 8.52. The zero-order chi connectivity index (χ0) is 9.61. The predicted octanol–water partition coefficient (Wildman–Crippen LogP) is 2.76. The first kappa shape index (κ1) is 11.7. The molecule has 0 aliphatic heterocycles. The minimum absolute atomic E-state index is 0.129. The van der Waals surface area contributed by atoms with E-state index in [1.165, 1.54) is 0 Å². The molecule has 2 nitrogen and oxygen atoms in total. The van der Waals surface area contributed by atoms with Gasteiger partial charge in [0.1, 0.15) is 0 Å². The lowest BCUT2D eigenvalue weighted by Crippen LogP contribution is -2.32. The second kappa shape index (κ2) is 5.35. The summed E-state index contributed by atoms with van der Waals surface area (Å²) in [4.78, 5) is 11.1. The maximum atomic E-state index is 11.1. The number of hydrogen-bond donors (Lipinski definition) is 0. The quantitative estimate of drug-likeness (QED) is 0.619. The van der Waals surface area contributed by atoms with Gasteiger partial charge in [-0.3, -0.25) is 4.79 Å². The third-order valence-electron chi connectivity index (χ3n) is 1.83. The first-order valence-electron chi connectivity index (χ1n) is 4.58. The Hall–Kier alpha value is -0.313. The molecule has 0 aliphatic rings. The van der Waals surface area contributed by atoms with E-state index in [1.54, 1.807) is 6.42 Å². The molecule has 0 spiro atoms. The van der Waals surface area contributed by atoms with Crippen LogP contribution in [-0.4, -0.2) is 14.3 Å². The zero-order valence-corrected chi connectivity index (χ0v) is 9.52. The lowest BCUT2D eigenvalue weighted by atomic mass is 10.3. The van der Waals surface area contributed by atoms with E-state index in [0.717, 1.165) is 18.9 Å². The number of unbranched alkanes of at least 4 members (excludes halogenated alkanes) is 1. The van der Waals surface area contributed by atoms with Crippen molar-refractivity contribution in [2.45, 2.75) is 45.8 Å². The Kier molecular flexibility index (Phi) is 5.21. The Balaban J connectivity index is 3.68. The number of carbonyl (C=O) groups is 1. The number of rotatable bonds is 5. The van der Waals surface area contributed by atoms with E-state index in [0.29, 0.717) is 0 Å². The molecule has 0 saturated carbocycles. The monoisotopic (exact) mass is 187 g/mol. The molecule has 12 heavy (non-hydrogen) atoms. The third kappa shape index (κ3) is 5.35. The van der Waals surface area contributed by atoms with Gasteiger partial charge in [-0.2, -0.15) is 0 Å². The molecular formula is C9H19O2Si. The maximum absolute atomic E-state index is 11.1. The van der Waals surface area contributed by atoms with Gasteiger partial charge < -0.3 is 4.43 Å². The Labute approximate surface area is 76.4 Å². The van der Waals surface area contributed by atoms with Crippen molar-refractivity contribution in [2.75, 3.05) is 0 Å². The Bertz CT molecular complexity index is 143. The predicted molar refractivity (Wildman–Crippen MR) is 53.3 cm³/mol. The molecule has 0 unspecified atom stereocenters. The van der Waals surface area contributed by atoms with Gasteiger partial charge in [0.2, 0.25) is 8.32 Å². The summed E-state index contributed by atoms with van der Waals surface area (Å²) >= 11 is 0. The molecule has 0 aromatic carbocycles. The van der Waals surface area contributed by atoms with E-state index in [-0.39, 0.29) is 5.97 Å². The highest BCUT2D eigenvalue weighted by Crippen LogP contribution is 2.11. The summed E-state index contributed by atoms with van der Waals surface area (Å²) in [6.07, 6.45) is 3.47. The molecule has 0 fully saturated rings. The molecule has 0 heterocycles. The minimum atomic E-state index is -1.67. The molecule has 0 bridgehead atoms. The SMILES string of the molecule is CCC[CH]C(=O)O[Si](C)(C)CC. The molecule has 0 aliphatic carbocycles. The van der Waals surface area contributed by atoms with Crippen LogP contribution in [0.2, 0.25) is 19.1 Å². The van der Waals surface area contributed by atoms with Crippen molar-refractivity contribution in [3.8, 4) is 0 Å². The molecular weight excluding hydrogens is 168 g/mol. The van der Waals surface area contributed by atoms with Gasteiger partial charge in [-0.05, 0) is 25.6 Å². The first-order valence-corrected chi connectivity index (χ1v) is 7.69. The standard InChI is InChI=1S/C9H19O2Si/c1-5-7-8-9(10)11-12(3,4)6-2/h8H,5-7H2,1-4H3. The molecule has 0 aromatic rings. The summed E-state index contributed by atoms with van der Waals surface area (Å²) < 4.78 is 5.33. The van der Waals surface area contributed by atoms with Gasteiger partial charge in [0.25, 0.3) is 5.97 Å². The topological polar surface area (TPSA) is 26.3 Å². The fourth-order valence-electron chi connectivity index (χ4n) is 0.648. The highest BCUT2D eigenvalue weighted by molar-refractivity contribution is 6.72. The van der Waals surface area contributed by atoms with E-state index < -0.39 is 8.32 Å². The van der Waals surface area contributed by atoms with Crippen LogP contribution in [0, 0.1) is 6.42 Å². The molecule has 0 rings (SSSR count). The summed E-state index contributed by atoms with van der Waals surface area (Å²) in [5.74, 6) is -0.129. The van der Waals surface area contributed by atoms with Gasteiger partial charge in [0.05, 0.1) is 6.42 Å². The summed E-state index contributed by atoms with van der Waals surface area (Å²) in [6.45, 7) is 8.24. The van der Waals surface area contributed by atoms with Crippen LogP contribution in [0.15, 0.2) is 0 Å². The normalized spacial score (nSPS) is 11.3. The van der Waals surface area contributed by atoms with Crippen molar-refractivity contribution in [3.05, 3.63) is 6.42 Å². The van der Waals surface area contributed by atoms with Crippen LogP contribution in [-0.2, 0) is 9.22 Å². The Morgan fingerprint density at radius 1 is 1.42 bits per heavy atom. The fourth-order valence-corrected chi connectivity index (χ4v) is 1.42. The average Bonchev–Trinajstić information content (AvgIpc) is 2.00. The summed E-state index contributed by atoms with van der Waals surface area (Å²) in [7, 11) is -1.67. The maximum Gasteiger partial charge on any atom is 0.296 e. The van der Waals surface area contributed by atoms with Crippen LogP contribution >= 0.6 is 0 Å². The summed E-state index contributed by atoms with van der Waals surface area (Å²) in [5.41, 5.74) is 0. The van der Waals surface area contributed by atoms with E-state index in [9.17, 15) is 4.79 Å². The minimum Gasteiger partial charge on any atom is -0.519 e. The van der Waals surface area contributed by atoms with Gasteiger partial charge in [0.15, 0.2) is 0 Å². The van der Waals surface area contributed by atoms with Crippen LogP contribution in [0.1, 0.15) is 26.7 Å². The molecule has 71 valence electrons. The van der Waals surface area contributed by atoms with Crippen LogP contribution in [0.4, 0.5) is 0 Å². The average molecular weight is 187 g/mol. The molecule has 0 amide bonds. The first-order chi connectivity index (χ1) is 5.52. The van der Waals surface area contributed by atoms with E-state index in [4.69, 9.17) is 4.43 Å². The van der Waals surface area contributed by atoms with Gasteiger partial charge in [-0.15, -0.1) is 0 Å². The smallest absolute Gasteiger partial charge is 0.296 e. The van der Waals surface area contributed by atoms with Crippen molar-refractivity contribution in [3.63, 3.8) is 0 Å². The summed E-state index contributed by atoms with van der Waals surface area (Å²) in [6, 6.07) is 0.985. The van der Waals surface area contributed by atoms with E-state index >= 15 is 0 Å². The van der Waals surface area contributed by atoms with E-state index in [1.807, 2.05) is 6.92 Å². The van der Waals surface area contributed by atoms with Gasteiger partial charge >= 0.3 is 0 Å². The Morgan fingerprint density at radius 3 is 2.42 bits per heavy atom. The van der Waals surface area contributed by atoms with E-state index in [2.05, 4.69) is 20.0 Å². The van der Waals surface area contributed by atoms with Gasteiger partial charge in [-0.1, -0.05) is 20.3 Å². The molecule has 0 N–H and O–H groups in total. The number of hydrogen-bond acceptors (Lipinski definition) is 2. The molecule has 3 heteroatoms. The van der Waals surface area contributed by atoms with Crippen molar-refractivity contribution in [1.29, 1.82) is 0 Å². The second-order valence-corrected chi connectivity index (χ2v) is 7.96. The van der Waals surface area contributed by atoms with Crippen molar-refractivity contribution < 1.29 is 9.22 Å². The van der Waals surface area contributed by atoms with Crippen molar-refractivity contribution >= 4 is 14.3 Å². The lowest BCUT2D eigenvalue weighted by molar-refractivity contribution is -0.131. The van der Waals surface area contributed by atoms with Crippen molar-refractivity contribution in [2.24, 2.45) is 0 Å². The second-order valence-electron chi connectivity index (χ2n) is 3.53. The van der Waals surface area contributed by atoms with Crippen LogP contribution in [0.25, 0.3) is 0 Å².